The molecule has 4 aliphatic heterocycles. The summed E-state index contributed by atoms with van der Waals surface area (Å²) in [5.74, 6) is 0.869. The number of carbonyl (C=O) groups is 1. The first-order chi connectivity index (χ1) is 21.6. The Morgan fingerprint density at radius 3 is 2.62 bits per heavy atom. The Morgan fingerprint density at radius 1 is 1.02 bits per heavy atom. The first-order valence-corrected chi connectivity index (χ1v) is 16.5. The number of likely N-dealkylation sites (N-methyl/N-ethyl adjacent to an activating group) is 1. The van der Waals surface area contributed by atoms with Gasteiger partial charge in [-0.1, -0.05) is 12.1 Å². The van der Waals surface area contributed by atoms with Crippen LogP contribution in [-0.4, -0.2) is 104 Å². The number of aryl methyl sites for hydroxylation is 1. The van der Waals surface area contributed by atoms with Crippen molar-refractivity contribution in [3.8, 4) is 12.1 Å². The zero-order chi connectivity index (χ0) is 31.7. The third-order valence-electron chi connectivity index (χ3n) is 9.60. The van der Waals surface area contributed by atoms with E-state index in [1.807, 2.05) is 20.8 Å². The Morgan fingerprint density at radius 2 is 1.87 bits per heavy atom. The Labute approximate surface area is 267 Å². The van der Waals surface area contributed by atoms with Crippen LogP contribution in [0.15, 0.2) is 18.2 Å². The van der Waals surface area contributed by atoms with Crippen molar-refractivity contribution in [3.63, 3.8) is 0 Å². The standard InChI is InChI=1S/C34H48N8O3/c1-34(2,3)45-33(43)42-20-19-41(21-25(42)13-15-35)31-27-14-18-40(29-12-6-9-24-10-7-17-39(5)30(24)29)22-28(27)36-32(37-31)44-23-26-11-8-16-38(26)4/h6,9,12,25-26H,7-8,10-11,13-14,16-23H2,1-5H3/t25?,26-/m0/s1. The molecule has 242 valence electrons. The van der Waals surface area contributed by atoms with Gasteiger partial charge in [-0.15, -0.1) is 0 Å². The molecule has 1 unspecified atom stereocenters. The molecular weight excluding hydrogens is 568 g/mol. The van der Waals surface area contributed by atoms with Crippen LogP contribution in [0, 0.1) is 11.3 Å². The van der Waals surface area contributed by atoms with Gasteiger partial charge in [-0.25, -0.2) is 4.79 Å². The van der Waals surface area contributed by atoms with Crippen LogP contribution in [0.4, 0.5) is 22.0 Å². The van der Waals surface area contributed by atoms with Gasteiger partial charge in [-0.2, -0.15) is 15.2 Å². The number of ether oxygens (including phenoxy) is 2. The predicted molar refractivity (Wildman–Crippen MR) is 175 cm³/mol. The molecule has 2 fully saturated rings. The molecule has 4 aliphatic rings. The second-order valence-electron chi connectivity index (χ2n) is 14.0. The van der Waals surface area contributed by atoms with Crippen molar-refractivity contribution < 1.29 is 14.3 Å². The lowest BCUT2D eigenvalue weighted by molar-refractivity contribution is 0.0144. The van der Waals surface area contributed by atoms with Gasteiger partial charge in [-0.05, 0) is 78.1 Å². The third kappa shape index (κ3) is 6.76. The van der Waals surface area contributed by atoms with E-state index in [0.29, 0.717) is 44.8 Å². The molecule has 2 atom stereocenters. The third-order valence-corrected chi connectivity index (χ3v) is 9.60. The molecule has 0 aliphatic carbocycles. The fourth-order valence-electron chi connectivity index (χ4n) is 7.26. The minimum atomic E-state index is -0.602. The Hall–Kier alpha value is -3.78. The summed E-state index contributed by atoms with van der Waals surface area (Å²) < 4.78 is 12.0. The number of para-hydroxylation sites is 1. The van der Waals surface area contributed by atoms with E-state index in [4.69, 9.17) is 19.4 Å². The minimum Gasteiger partial charge on any atom is -0.462 e. The number of hydrogen-bond acceptors (Lipinski definition) is 10. The average Bonchev–Trinajstić information content (AvgIpc) is 3.42. The topological polar surface area (TPSA) is 101 Å². The number of carbonyl (C=O) groups excluding carboxylic acids is 1. The number of piperazine rings is 1. The molecule has 1 aromatic carbocycles. The molecule has 2 saturated heterocycles. The van der Waals surface area contributed by atoms with Crippen LogP contribution < -0.4 is 19.4 Å². The van der Waals surface area contributed by atoms with Gasteiger partial charge in [0.1, 0.15) is 18.0 Å². The van der Waals surface area contributed by atoms with E-state index in [2.05, 4.69) is 58.0 Å². The monoisotopic (exact) mass is 616 g/mol. The van der Waals surface area contributed by atoms with E-state index in [1.54, 1.807) is 4.90 Å². The summed E-state index contributed by atoms with van der Waals surface area (Å²) in [7, 11) is 4.34. The maximum absolute atomic E-state index is 13.1. The fourth-order valence-corrected chi connectivity index (χ4v) is 7.26. The van der Waals surface area contributed by atoms with Crippen molar-refractivity contribution in [2.24, 2.45) is 0 Å². The van der Waals surface area contributed by atoms with E-state index in [1.165, 1.54) is 29.8 Å². The maximum atomic E-state index is 13.1. The minimum absolute atomic E-state index is 0.223. The number of fused-ring (bicyclic) bond motifs is 2. The first-order valence-electron chi connectivity index (χ1n) is 16.5. The van der Waals surface area contributed by atoms with Crippen molar-refractivity contribution in [2.75, 3.05) is 74.7 Å². The van der Waals surface area contributed by atoms with Crippen LogP contribution in [-0.2, 0) is 24.1 Å². The van der Waals surface area contributed by atoms with E-state index >= 15 is 0 Å². The molecule has 45 heavy (non-hydrogen) atoms. The molecular formula is C34H48N8O3. The van der Waals surface area contributed by atoms with Crippen molar-refractivity contribution in [1.29, 1.82) is 5.26 Å². The van der Waals surface area contributed by atoms with Crippen molar-refractivity contribution in [1.82, 2.24) is 19.8 Å². The van der Waals surface area contributed by atoms with E-state index in [0.717, 1.165) is 56.0 Å². The fraction of sp³-hybridized carbons (Fsp3) is 0.647. The summed E-state index contributed by atoms with van der Waals surface area (Å²) in [6.45, 7) is 11.4. The number of rotatable bonds is 6. The van der Waals surface area contributed by atoms with Gasteiger partial charge in [0.15, 0.2) is 0 Å². The summed E-state index contributed by atoms with van der Waals surface area (Å²) in [5, 5.41) is 9.67. The second kappa shape index (κ2) is 12.9. The number of likely N-dealkylation sites (tertiary alicyclic amines) is 1. The van der Waals surface area contributed by atoms with Crippen LogP contribution in [0.2, 0.25) is 0 Å². The molecule has 1 aromatic heterocycles. The van der Waals surface area contributed by atoms with E-state index < -0.39 is 5.60 Å². The number of benzene rings is 1. The van der Waals surface area contributed by atoms with E-state index in [-0.39, 0.29) is 18.6 Å². The SMILES string of the molecule is CN1CCCc2cccc(N3CCc4c(nc(OC[C@@H]5CCCN5C)nc4N4CCN(C(=O)OC(C)(C)C)C(CC#N)C4)C3)c21. The predicted octanol–water partition coefficient (Wildman–Crippen LogP) is 4.23. The van der Waals surface area contributed by atoms with Crippen LogP contribution in [0.3, 0.4) is 0 Å². The highest BCUT2D eigenvalue weighted by atomic mass is 16.6. The molecule has 0 N–H and O–H groups in total. The van der Waals surface area contributed by atoms with Crippen LogP contribution in [0.5, 0.6) is 6.01 Å². The van der Waals surface area contributed by atoms with Gasteiger partial charge in [0.25, 0.3) is 0 Å². The maximum Gasteiger partial charge on any atom is 0.410 e. The molecule has 2 aromatic rings. The summed E-state index contributed by atoms with van der Waals surface area (Å²) in [5.41, 5.74) is 5.52. The molecule has 5 heterocycles. The number of hydrogen-bond donors (Lipinski definition) is 0. The highest BCUT2D eigenvalue weighted by Gasteiger charge is 2.36. The van der Waals surface area contributed by atoms with Gasteiger partial charge in [0.2, 0.25) is 0 Å². The van der Waals surface area contributed by atoms with Crippen molar-refractivity contribution >= 4 is 23.3 Å². The summed E-state index contributed by atoms with van der Waals surface area (Å²) in [4.78, 5) is 34.3. The summed E-state index contributed by atoms with van der Waals surface area (Å²) in [6.07, 6.45) is 5.22. The summed E-state index contributed by atoms with van der Waals surface area (Å²) in [6, 6.07) is 9.43. The smallest absolute Gasteiger partial charge is 0.410 e. The zero-order valence-corrected chi connectivity index (χ0v) is 27.6. The quantitative estimate of drug-likeness (QED) is 0.469. The van der Waals surface area contributed by atoms with Crippen LogP contribution in [0.25, 0.3) is 0 Å². The van der Waals surface area contributed by atoms with Gasteiger partial charge in [-0.3, -0.25) is 0 Å². The average molecular weight is 617 g/mol. The lowest BCUT2D eigenvalue weighted by Gasteiger charge is -2.42. The van der Waals surface area contributed by atoms with Crippen molar-refractivity contribution in [3.05, 3.63) is 35.0 Å². The molecule has 0 radical (unpaired) electrons. The number of nitriles is 1. The van der Waals surface area contributed by atoms with Gasteiger partial charge in [0.05, 0.1) is 42.1 Å². The highest BCUT2D eigenvalue weighted by Crippen LogP contribution is 2.39. The highest BCUT2D eigenvalue weighted by molar-refractivity contribution is 5.76. The molecule has 0 bridgehead atoms. The Balaban J connectivity index is 1.30. The van der Waals surface area contributed by atoms with Gasteiger partial charge in [0, 0.05) is 51.4 Å². The normalized spacial score (nSPS) is 22.1. The lowest BCUT2D eigenvalue weighted by Crippen LogP contribution is -2.56. The molecule has 1 amide bonds. The van der Waals surface area contributed by atoms with E-state index in [9.17, 15) is 10.1 Å². The number of amides is 1. The lowest BCUT2D eigenvalue weighted by atomic mass is 9.98. The number of aromatic nitrogens is 2. The molecule has 6 rings (SSSR count). The number of anilines is 3. The zero-order valence-electron chi connectivity index (χ0n) is 27.6. The second-order valence-corrected chi connectivity index (χ2v) is 14.0. The number of nitrogens with zero attached hydrogens (tertiary/aromatic N) is 8. The van der Waals surface area contributed by atoms with Gasteiger partial charge >= 0.3 is 12.1 Å². The van der Waals surface area contributed by atoms with Crippen LogP contribution in [0.1, 0.15) is 63.3 Å². The molecule has 0 spiro atoms. The first kappa shape index (κ1) is 31.2. The Bertz CT molecular complexity index is 1440. The Kier molecular flexibility index (Phi) is 8.96. The molecule has 11 heteroatoms. The van der Waals surface area contributed by atoms with Crippen molar-refractivity contribution in [2.45, 2.75) is 83.5 Å². The summed E-state index contributed by atoms with van der Waals surface area (Å²) >= 11 is 0. The molecule has 0 saturated carbocycles. The molecule has 11 nitrogen and oxygen atoms in total. The van der Waals surface area contributed by atoms with Gasteiger partial charge < -0.3 is 34.0 Å². The van der Waals surface area contributed by atoms with Crippen LogP contribution >= 0.6 is 0 Å². The largest absolute Gasteiger partial charge is 0.462 e.